The molecule has 0 radical (unpaired) electrons. The highest BCUT2D eigenvalue weighted by molar-refractivity contribution is 7.88. The lowest BCUT2D eigenvalue weighted by atomic mass is 10.0. The minimum absolute atomic E-state index is 0.327. The predicted octanol–water partition coefficient (Wildman–Crippen LogP) is 1.96. The maximum atomic E-state index is 12.5. The smallest absolute Gasteiger partial charge is 0.244 e. The van der Waals surface area contributed by atoms with Gasteiger partial charge in [-0.2, -0.15) is 4.31 Å². The summed E-state index contributed by atoms with van der Waals surface area (Å²) < 4.78 is 25.0. The van der Waals surface area contributed by atoms with Crippen LogP contribution in [0.25, 0.3) is 11.3 Å². The largest absolute Gasteiger partial charge is 0.301 e. The van der Waals surface area contributed by atoms with Crippen LogP contribution in [0.15, 0.2) is 29.9 Å². The van der Waals surface area contributed by atoms with Crippen molar-refractivity contribution < 1.29 is 13.2 Å². The normalized spacial score (nSPS) is 19.1. The maximum Gasteiger partial charge on any atom is 0.244 e. The van der Waals surface area contributed by atoms with E-state index in [1.54, 1.807) is 12.4 Å². The molecule has 1 aliphatic rings. The number of thiazole rings is 1. The van der Waals surface area contributed by atoms with E-state index in [0.29, 0.717) is 18.1 Å². The van der Waals surface area contributed by atoms with Gasteiger partial charge in [-0.15, -0.1) is 11.3 Å². The Balaban J connectivity index is 1.74. The number of carbonyl (C=O) groups is 1. The molecule has 0 saturated carbocycles. The Labute approximate surface area is 144 Å². The summed E-state index contributed by atoms with van der Waals surface area (Å²) in [5, 5.41) is 5.04. The molecule has 24 heavy (non-hydrogen) atoms. The van der Waals surface area contributed by atoms with E-state index in [1.807, 2.05) is 17.5 Å². The summed E-state index contributed by atoms with van der Waals surface area (Å²) in [6, 6.07) is 3.04. The second-order valence-corrected chi connectivity index (χ2v) is 8.45. The highest BCUT2D eigenvalue weighted by Crippen LogP contribution is 2.26. The Hall–Kier alpha value is -1.84. The average Bonchev–Trinajstić information content (AvgIpc) is 3.03. The van der Waals surface area contributed by atoms with Crippen LogP contribution in [0.2, 0.25) is 0 Å². The molecule has 1 fully saturated rings. The summed E-state index contributed by atoms with van der Waals surface area (Å²) in [5.74, 6) is -0.327. The third-order valence-electron chi connectivity index (χ3n) is 3.87. The standard InChI is InChI=1S/C15H18N4O3S2/c1-24(21,22)19-8-3-2-6-13(19)14(20)18-15-17-12(10-23-15)11-5-4-7-16-9-11/h4-5,7,9-10,13H,2-3,6,8H2,1H3,(H,17,18,20). The van der Waals surface area contributed by atoms with Crippen LogP contribution in [0.5, 0.6) is 0 Å². The molecule has 7 nitrogen and oxygen atoms in total. The summed E-state index contributed by atoms with van der Waals surface area (Å²) in [7, 11) is -3.40. The van der Waals surface area contributed by atoms with Crippen molar-refractivity contribution in [2.45, 2.75) is 25.3 Å². The number of rotatable bonds is 4. The summed E-state index contributed by atoms with van der Waals surface area (Å²) in [6.45, 7) is 0.385. The Morgan fingerprint density at radius 1 is 1.42 bits per heavy atom. The van der Waals surface area contributed by atoms with Crippen LogP contribution in [0, 0.1) is 0 Å². The molecule has 3 rings (SSSR count). The number of nitrogens with zero attached hydrogens (tertiary/aromatic N) is 3. The zero-order valence-corrected chi connectivity index (χ0v) is 14.8. The lowest BCUT2D eigenvalue weighted by molar-refractivity contribution is -0.120. The zero-order valence-electron chi connectivity index (χ0n) is 13.2. The van der Waals surface area contributed by atoms with Gasteiger partial charge in [0.25, 0.3) is 0 Å². The van der Waals surface area contributed by atoms with Crippen molar-refractivity contribution in [3.05, 3.63) is 29.9 Å². The van der Waals surface area contributed by atoms with E-state index >= 15 is 0 Å². The van der Waals surface area contributed by atoms with Gasteiger partial charge in [-0.1, -0.05) is 6.42 Å². The second-order valence-electron chi connectivity index (χ2n) is 5.65. The number of hydrogen-bond donors (Lipinski definition) is 1. The summed E-state index contributed by atoms with van der Waals surface area (Å²) in [4.78, 5) is 20.9. The molecule has 1 saturated heterocycles. The third-order valence-corrected chi connectivity index (χ3v) is 5.92. The molecule has 1 atom stereocenters. The Morgan fingerprint density at radius 3 is 2.96 bits per heavy atom. The average molecular weight is 366 g/mol. The van der Waals surface area contributed by atoms with E-state index in [4.69, 9.17) is 0 Å². The van der Waals surface area contributed by atoms with Crippen molar-refractivity contribution >= 4 is 32.4 Å². The lowest BCUT2D eigenvalue weighted by Crippen LogP contribution is -2.49. The number of amides is 1. The Bertz CT molecular complexity index is 820. The molecule has 1 amide bonds. The van der Waals surface area contributed by atoms with E-state index in [0.717, 1.165) is 30.4 Å². The highest BCUT2D eigenvalue weighted by atomic mass is 32.2. The van der Waals surface area contributed by atoms with Gasteiger partial charge in [-0.3, -0.25) is 9.78 Å². The van der Waals surface area contributed by atoms with Crippen LogP contribution in [0.4, 0.5) is 5.13 Å². The number of carbonyl (C=O) groups excluding carboxylic acids is 1. The van der Waals surface area contributed by atoms with E-state index in [1.165, 1.54) is 15.6 Å². The first-order chi connectivity index (χ1) is 11.4. The summed E-state index contributed by atoms with van der Waals surface area (Å²) in [6.07, 6.45) is 6.67. The quantitative estimate of drug-likeness (QED) is 0.893. The van der Waals surface area contributed by atoms with Crippen LogP contribution in [-0.4, -0.2) is 47.4 Å². The molecule has 1 aliphatic heterocycles. The summed E-state index contributed by atoms with van der Waals surface area (Å²) >= 11 is 1.31. The van der Waals surface area contributed by atoms with Crippen molar-refractivity contribution in [3.63, 3.8) is 0 Å². The van der Waals surface area contributed by atoms with Crippen LogP contribution in [-0.2, 0) is 14.8 Å². The highest BCUT2D eigenvalue weighted by Gasteiger charge is 2.34. The predicted molar refractivity (Wildman–Crippen MR) is 93.2 cm³/mol. The first-order valence-corrected chi connectivity index (χ1v) is 10.3. The van der Waals surface area contributed by atoms with Gasteiger partial charge in [0.2, 0.25) is 15.9 Å². The Morgan fingerprint density at radius 2 is 2.25 bits per heavy atom. The van der Waals surface area contributed by atoms with Gasteiger partial charge in [0.05, 0.1) is 11.9 Å². The lowest BCUT2D eigenvalue weighted by Gasteiger charge is -2.32. The van der Waals surface area contributed by atoms with E-state index in [9.17, 15) is 13.2 Å². The number of pyridine rings is 1. The number of hydrogen-bond acceptors (Lipinski definition) is 6. The number of nitrogens with one attached hydrogen (secondary N) is 1. The minimum Gasteiger partial charge on any atom is -0.301 e. The van der Waals surface area contributed by atoms with Gasteiger partial charge in [0.15, 0.2) is 5.13 Å². The van der Waals surface area contributed by atoms with Crippen LogP contribution >= 0.6 is 11.3 Å². The topological polar surface area (TPSA) is 92.3 Å². The van der Waals surface area contributed by atoms with Crippen LogP contribution in [0.3, 0.4) is 0 Å². The molecular formula is C15H18N4O3S2. The van der Waals surface area contributed by atoms with E-state index in [2.05, 4.69) is 15.3 Å². The fourth-order valence-corrected chi connectivity index (χ4v) is 4.58. The van der Waals surface area contributed by atoms with Crippen molar-refractivity contribution in [2.75, 3.05) is 18.1 Å². The van der Waals surface area contributed by atoms with Crippen molar-refractivity contribution in [3.8, 4) is 11.3 Å². The minimum atomic E-state index is -3.40. The molecular weight excluding hydrogens is 348 g/mol. The molecule has 2 aromatic heterocycles. The third kappa shape index (κ3) is 3.80. The first kappa shape index (κ1) is 17.0. The molecule has 2 aromatic rings. The molecule has 1 N–H and O–H groups in total. The van der Waals surface area contributed by atoms with E-state index < -0.39 is 16.1 Å². The fraction of sp³-hybridized carbons (Fsp3) is 0.400. The maximum absolute atomic E-state index is 12.5. The number of piperidine rings is 1. The van der Waals surface area contributed by atoms with Crippen molar-refractivity contribution in [1.29, 1.82) is 0 Å². The second kappa shape index (κ2) is 6.96. The molecule has 0 spiro atoms. The first-order valence-electron chi connectivity index (χ1n) is 7.59. The van der Waals surface area contributed by atoms with Crippen molar-refractivity contribution in [2.24, 2.45) is 0 Å². The van der Waals surface area contributed by atoms with Crippen LogP contribution in [0.1, 0.15) is 19.3 Å². The fourth-order valence-electron chi connectivity index (χ4n) is 2.73. The number of aromatic nitrogens is 2. The molecule has 128 valence electrons. The number of anilines is 1. The summed E-state index contributed by atoms with van der Waals surface area (Å²) in [5.41, 5.74) is 1.59. The number of sulfonamides is 1. The molecule has 0 bridgehead atoms. The van der Waals surface area contributed by atoms with Gasteiger partial charge in [0, 0.05) is 29.9 Å². The Kier molecular flexibility index (Phi) is 4.93. The van der Waals surface area contributed by atoms with Gasteiger partial charge < -0.3 is 5.32 Å². The molecule has 3 heterocycles. The van der Waals surface area contributed by atoms with Crippen molar-refractivity contribution in [1.82, 2.24) is 14.3 Å². The zero-order chi connectivity index (χ0) is 17.2. The van der Waals surface area contributed by atoms with Gasteiger partial charge in [-0.05, 0) is 25.0 Å². The van der Waals surface area contributed by atoms with Gasteiger partial charge in [-0.25, -0.2) is 13.4 Å². The molecule has 1 unspecified atom stereocenters. The van der Waals surface area contributed by atoms with Gasteiger partial charge >= 0.3 is 0 Å². The van der Waals surface area contributed by atoms with Gasteiger partial charge in [0.1, 0.15) is 6.04 Å². The monoisotopic (exact) mass is 366 g/mol. The molecule has 0 aliphatic carbocycles. The van der Waals surface area contributed by atoms with E-state index in [-0.39, 0.29) is 5.91 Å². The molecule has 9 heteroatoms. The van der Waals surface area contributed by atoms with Crippen LogP contribution < -0.4 is 5.32 Å². The SMILES string of the molecule is CS(=O)(=O)N1CCCCC1C(=O)Nc1nc(-c2cccnc2)cs1. The molecule has 0 aromatic carbocycles.